The van der Waals surface area contributed by atoms with Crippen LogP contribution in [-0.4, -0.2) is 43.8 Å². The maximum Gasteiger partial charge on any atom is 0.264 e. The van der Waals surface area contributed by atoms with Crippen LogP contribution in [0, 0.1) is 5.82 Å². The SMILES string of the molecule is CC(C)NC(=O)[C@@H](C)N(Cc1cccc(Br)c1)C(=O)CN(c1ccc(F)cc1)S(=O)(=O)c1ccccc1. The van der Waals surface area contributed by atoms with Gasteiger partial charge < -0.3 is 10.2 Å². The smallest absolute Gasteiger partial charge is 0.264 e. The summed E-state index contributed by atoms with van der Waals surface area (Å²) in [6.07, 6.45) is 0. The normalized spacial score (nSPS) is 12.2. The lowest BCUT2D eigenvalue weighted by Crippen LogP contribution is -2.52. The summed E-state index contributed by atoms with van der Waals surface area (Å²) in [6.45, 7) is 4.72. The molecule has 0 bridgehead atoms. The third kappa shape index (κ3) is 7.39. The van der Waals surface area contributed by atoms with Crippen LogP contribution in [0.1, 0.15) is 26.3 Å². The average Bonchev–Trinajstić information content (AvgIpc) is 2.86. The second kappa shape index (κ2) is 12.3. The van der Waals surface area contributed by atoms with Gasteiger partial charge in [0.05, 0.1) is 10.6 Å². The fraction of sp³-hybridized carbons (Fsp3) is 0.259. The molecular weight excluding hydrogens is 561 g/mol. The summed E-state index contributed by atoms with van der Waals surface area (Å²) in [5.74, 6) is -1.49. The predicted molar refractivity (Wildman–Crippen MR) is 145 cm³/mol. The minimum atomic E-state index is -4.18. The van der Waals surface area contributed by atoms with E-state index in [0.29, 0.717) is 0 Å². The Kier molecular flexibility index (Phi) is 9.45. The fourth-order valence-electron chi connectivity index (χ4n) is 3.68. The van der Waals surface area contributed by atoms with Crippen molar-refractivity contribution in [2.45, 2.75) is 44.3 Å². The highest BCUT2D eigenvalue weighted by molar-refractivity contribution is 9.10. The first-order chi connectivity index (χ1) is 17.5. The Morgan fingerprint density at radius 1 is 0.946 bits per heavy atom. The molecule has 0 saturated carbocycles. The summed E-state index contributed by atoms with van der Waals surface area (Å²) in [5.41, 5.74) is 0.881. The molecule has 0 fully saturated rings. The second-order valence-corrected chi connectivity index (χ2v) is 11.6. The van der Waals surface area contributed by atoms with Crippen LogP contribution in [-0.2, 0) is 26.2 Å². The molecule has 0 spiro atoms. The molecule has 0 unspecified atom stereocenters. The van der Waals surface area contributed by atoms with Crippen molar-refractivity contribution in [1.82, 2.24) is 10.2 Å². The Bertz CT molecular complexity index is 1340. The quantitative estimate of drug-likeness (QED) is 0.370. The van der Waals surface area contributed by atoms with E-state index in [4.69, 9.17) is 0 Å². The topological polar surface area (TPSA) is 86.8 Å². The molecule has 1 N–H and O–H groups in total. The molecule has 1 atom stereocenters. The highest BCUT2D eigenvalue weighted by Crippen LogP contribution is 2.25. The number of anilines is 1. The molecule has 0 aliphatic heterocycles. The molecule has 37 heavy (non-hydrogen) atoms. The number of sulfonamides is 1. The summed E-state index contributed by atoms with van der Waals surface area (Å²) in [5, 5.41) is 2.81. The van der Waals surface area contributed by atoms with Crippen LogP contribution in [0.2, 0.25) is 0 Å². The Morgan fingerprint density at radius 3 is 2.19 bits per heavy atom. The van der Waals surface area contributed by atoms with Crippen molar-refractivity contribution in [2.75, 3.05) is 10.8 Å². The van der Waals surface area contributed by atoms with Gasteiger partial charge in [-0.15, -0.1) is 0 Å². The number of carbonyl (C=O) groups is 2. The number of hydrogen-bond acceptors (Lipinski definition) is 4. The molecule has 0 aliphatic carbocycles. The number of carbonyl (C=O) groups excluding carboxylic acids is 2. The number of benzene rings is 3. The molecule has 0 aromatic heterocycles. The van der Waals surface area contributed by atoms with Gasteiger partial charge in [0.2, 0.25) is 11.8 Å². The van der Waals surface area contributed by atoms with E-state index in [1.165, 1.54) is 29.2 Å². The summed E-state index contributed by atoms with van der Waals surface area (Å²) < 4.78 is 42.6. The first-order valence-electron chi connectivity index (χ1n) is 11.7. The summed E-state index contributed by atoms with van der Waals surface area (Å²) in [4.78, 5) is 28.0. The van der Waals surface area contributed by atoms with Crippen LogP contribution in [0.5, 0.6) is 0 Å². The van der Waals surface area contributed by atoms with Gasteiger partial charge in [0.15, 0.2) is 0 Å². The van der Waals surface area contributed by atoms with E-state index in [1.807, 2.05) is 38.1 Å². The van der Waals surface area contributed by atoms with E-state index >= 15 is 0 Å². The Labute approximate surface area is 225 Å². The van der Waals surface area contributed by atoms with Crippen LogP contribution in [0.15, 0.2) is 88.2 Å². The van der Waals surface area contributed by atoms with E-state index in [-0.39, 0.29) is 29.1 Å². The number of rotatable bonds is 10. The van der Waals surface area contributed by atoms with E-state index < -0.39 is 34.3 Å². The van der Waals surface area contributed by atoms with Gasteiger partial charge in [0.1, 0.15) is 18.4 Å². The number of nitrogens with zero attached hydrogens (tertiary/aromatic N) is 2. The zero-order valence-corrected chi connectivity index (χ0v) is 23.2. The number of halogens is 2. The van der Waals surface area contributed by atoms with Crippen molar-refractivity contribution in [2.24, 2.45) is 0 Å². The van der Waals surface area contributed by atoms with Crippen molar-refractivity contribution in [3.05, 3.63) is 94.7 Å². The molecule has 0 radical (unpaired) electrons. The molecule has 196 valence electrons. The van der Waals surface area contributed by atoms with E-state index in [9.17, 15) is 22.4 Å². The summed E-state index contributed by atoms with van der Waals surface area (Å²) in [7, 11) is -4.18. The number of hydrogen-bond donors (Lipinski definition) is 1. The Morgan fingerprint density at radius 2 is 1.59 bits per heavy atom. The van der Waals surface area contributed by atoms with E-state index in [2.05, 4.69) is 21.2 Å². The Balaban J connectivity index is 2.01. The van der Waals surface area contributed by atoms with Gasteiger partial charge in [-0.2, -0.15) is 0 Å². The fourth-order valence-corrected chi connectivity index (χ4v) is 5.56. The molecule has 7 nitrogen and oxygen atoms in total. The van der Waals surface area contributed by atoms with Crippen molar-refractivity contribution >= 4 is 43.5 Å². The molecule has 3 aromatic carbocycles. The monoisotopic (exact) mass is 589 g/mol. The van der Waals surface area contributed by atoms with Crippen molar-refractivity contribution in [1.29, 1.82) is 0 Å². The van der Waals surface area contributed by atoms with Crippen LogP contribution in [0.3, 0.4) is 0 Å². The zero-order chi connectivity index (χ0) is 27.2. The molecular formula is C27H29BrFN3O4S. The van der Waals surface area contributed by atoms with Gasteiger partial charge in [0, 0.05) is 17.1 Å². The first-order valence-corrected chi connectivity index (χ1v) is 13.9. The second-order valence-electron chi connectivity index (χ2n) is 8.79. The van der Waals surface area contributed by atoms with Gasteiger partial charge in [0.25, 0.3) is 10.0 Å². The molecule has 0 aliphatic rings. The predicted octanol–water partition coefficient (Wildman–Crippen LogP) is 4.73. The van der Waals surface area contributed by atoms with Crippen LogP contribution >= 0.6 is 15.9 Å². The average molecular weight is 591 g/mol. The van der Waals surface area contributed by atoms with E-state index in [1.54, 1.807) is 25.1 Å². The molecule has 3 aromatic rings. The molecule has 2 amide bonds. The van der Waals surface area contributed by atoms with Gasteiger partial charge in [-0.25, -0.2) is 12.8 Å². The molecule has 0 heterocycles. The highest BCUT2D eigenvalue weighted by Gasteiger charge is 2.32. The third-order valence-corrected chi connectivity index (χ3v) is 7.85. The van der Waals surface area contributed by atoms with Crippen LogP contribution < -0.4 is 9.62 Å². The van der Waals surface area contributed by atoms with Crippen LogP contribution in [0.4, 0.5) is 10.1 Å². The highest BCUT2D eigenvalue weighted by atomic mass is 79.9. The van der Waals surface area contributed by atoms with Crippen molar-refractivity contribution < 1.29 is 22.4 Å². The molecule has 10 heteroatoms. The maximum absolute atomic E-state index is 13.7. The Hall–Kier alpha value is -3.24. The zero-order valence-electron chi connectivity index (χ0n) is 20.8. The van der Waals surface area contributed by atoms with Crippen LogP contribution in [0.25, 0.3) is 0 Å². The third-order valence-electron chi connectivity index (χ3n) is 5.56. The van der Waals surface area contributed by atoms with Gasteiger partial charge in [-0.1, -0.05) is 46.3 Å². The summed E-state index contributed by atoms with van der Waals surface area (Å²) >= 11 is 3.42. The molecule has 0 saturated heterocycles. The van der Waals surface area contributed by atoms with Gasteiger partial charge in [-0.3, -0.25) is 13.9 Å². The van der Waals surface area contributed by atoms with Crippen molar-refractivity contribution in [3.8, 4) is 0 Å². The molecule has 3 rings (SSSR count). The maximum atomic E-state index is 13.7. The summed E-state index contributed by atoms with van der Waals surface area (Å²) in [6, 6.07) is 18.8. The minimum Gasteiger partial charge on any atom is -0.352 e. The number of nitrogens with one attached hydrogen (secondary N) is 1. The van der Waals surface area contributed by atoms with E-state index in [0.717, 1.165) is 26.5 Å². The van der Waals surface area contributed by atoms with Crippen molar-refractivity contribution in [3.63, 3.8) is 0 Å². The largest absolute Gasteiger partial charge is 0.352 e. The lowest BCUT2D eigenvalue weighted by molar-refractivity contribution is -0.139. The van der Waals surface area contributed by atoms with Gasteiger partial charge >= 0.3 is 0 Å². The minimum absolute atomic E-state index is 0.0173. The standard InChI is InChI=1S/C27H29BrFN3O4S/c1-19(2)30-27(34)20(3)31(17-21-8-7-9-22(28)16-21)26(33)18-32(24-14-12-23(29)13-15-24)37(35,36)25-10-5-4-6-11-25/h4-16,19-20H,17-18H2,1-3H3,(H,30,34)/t20-/m1/s1. The van der Waals surface area contributed by atoms with Gasteiger partial charge in [-0.05, 0) is 74.9 Å². The number of amides is 2. The lowest BCUT2D eigenvalue weighted by Gasteiger charge is -2.32. The first kappa shape index (κ1) is 28.3. The lowest BCUT2D eigenvalue weighted by atomic mass is 10.1.